The molecule has 0 unspecified atom stereocenters. The van der Waals surface area contributed by atoms with Crippen molar-refractivity contribution in [2.75, 3.05) is 11.4 Å². The van der Waals surface area contributed by atoms with Crippen molar-refractivity contribution >= 4 is 17.0 Å². The van der Waals surface area contributed by atoms with E-state index in [4.69, 9.17) is 0 Å². The van der Waals surface area contributed by atoms with Gasteiger partial charge >= 0.3 is 0 Å². The van der Waals surface area contributed by atoms with Crippen molar-refractivity contribution in [2.24, 2.45) is 0 Å². The highest BCUT2D eigenvalue weighted by Crippen LogP contribution is 2.19. The van der Waals surface area contributed by atoms with Gasteiger partial charge in [0, 0.05) is 12.7 Å². The summed E-state index contributed by atoms with van der Waals surface area (Å²) in [5.74, 6) is 0.951. The fourth-order valence-corrected chi connectivity index (χ4v) is 1.91. The van der Waals surface area contributed by atoms with Crippen molar-refractivity contribution in [2.45, 2.75) is 12.8 Å². The highest BCUT2D eigenvalue weighted by atomic mass is 15.2. The molecule has 0 aliphatic carbocycles. The van der Waals surface area contributed by atoms with Gasteiger partial charge in [0.05, 0.1) is 11.0 Å². The molecule has 0 spiro atoms. The van der Waals surface area contributed by atoms with Gasteiger partial charge in [-0.05, 0) is 25.0 Å². The second-order valence-electron chi connectivity index (χ2n) is 3.80. The van der Waals surface area contributed by atoms with Crippen LogP contribution in [-0.4, -0.2) is 16.5 Å². The van der Waals surface area contributed by atoms with E-state index in [2.05, 4.69) is 33.2 Å². The average Bonchev–Trinajstić information content (AvgIpc) is 2.74. The molecule has 1 aliphatic rings. The summed E-state index contributed by atoms with van der Waals surface area (Å²) < 4.78 is 0. The topological polar surface area (TPSA) is 31.9 Å². The van der Waals surface area contributed by atoms with Crippen LogP contribution in [0.15, 0.2) is 36.5 Å². The van der Waals surface area contributed by atoms with Crippen LogP contribution < -0.4 is 4.90 Å². The second kappa shape index (κ2) is 3.42. The quantitative estimate of drug-likeness (QED) is 0.765. The van der Waals surface area contributed by atoms with E-state index >= 15 is 0 Å². The van der Waals surface area contributed by atoms with Gasteiger partial charge < -0.3 is 9.88 Å². The van der Waals surface area contributed by atoms with Crippen molar-refractivity contribution in [1.82, 2.24) is 9.97 Å². The molecular weight excluding hydrogens is 186 g/mol. The second-order valence-corrected chi connectivity index (χ2v) is 3.80. The summed E-state index contributed by atoms with van der Waals surface area (Å²) >= 11 is 0. The number of nitrogens with zero attached hydrogens (tertiary/aromatic N) is 2. The van der Waals surface area contributed by atoms with Crippen molar-refractivity contribution in [3.8, 4) is 0 Å². The molecule has 1 aliphatic heterocycles. The van der Waals surface area contributed by atoms with E-state index in [1.54, 1.807) is 0 Å². The molecule has 3 heteroatoms. The van der Waals surface area contributed by atoms with E-state index in [0.29, 0.717) is 0 Å². The molecule has 0 saturated heterocycles. The van der Waals surface area contributed by atoms with E-state index < -0.39 is 0 Å². The maximum Gasteiger partial charge on any atom is 0.207 e. The predicted molar refractivity (Wildman–Crippen MR) is 61.8 cm³/mol. The molecule has 15 heavy (non-hydrogen) atoms. The Morgan fingerprint density at radius 1 is 1.27 bits per heavy atom. The Balaban J connectivity index is 2.03. The molecule has 0 bridgehead atoms. The summed E-state index contributed by atoms with van der Waals surface area (Å²) in [7, 11) is 0. The summed E-state index contributed by atoms with van der Waals surface area (Å²) in [5, 5.41) is 0. The number of nitrogens with one attached hydrogen (secondary N) is 1. The number of rotatable bonds is 1. The summed E-state index contributed by atoms with van der Waals surface area (Å²) in [6.07, 6.45) is 6.68. The number of hydrogen-bond acceptors (Lipinski definition) is 2. The number of aromatic nitrogens is 2. The monoisotopic (exact) mass is 199 g/mol. The van der Waals surface area contributed by atoms with Gasteiger partial charge in [-0.3, -0.25) is 0 Å². The Labute approximate surface area is 88.4 Å². The number of allylic oxidation sites excluding steroid dienone is 1. The van der Waals surface area contributed by atoms with E-state index in [1.165, 1.54) is 12.8 Å². The van der Waals surface area contributed by atoms with Crippen LogP contribution in [-0.2, 0) is 0 Å². The Kier molecular flexibility index (Phi) is 1.95. The van der Waals surface area contributed by atoms with Gasteiger partial charge in [-0.25, -0.2) is 4.98 Å². The van der Waals surface area contributed by atoms with Crippen LogP contribution >= 0.6 is 0 Å². The SMILES string of the molecule is C1=CN(c2nc3ccccc3[nH]2)CCC1. The predicted octanol–water partition coefficient (Wildman–Crippen LogP) is 2.68. The van der Waals surface area contributed by atoms with Crippen LogP contribution in [0.3, 0.4) is 0 Å². The smallest absolute Gasteiger partial charge is 0.207 e. The lowest BCUT2D eigenvalue weighted by Crippen LogP contribution is -2.20. The number of anilines is 1. The molecule has 0 fully saturated rings. The Bertz CT molecular complexity index is 465. The Morgan fingerprint density at radius 3 is 3.00 bits per heavy atom. The zero-order valence-corrected chi connectivity index (χ0v) is 8.48. The molecule has 1 aromatic heterocycles. The Hall–Kier alpha value is -1.77. The van der Waals surface area contributed by atoms with Gasteiger partial charge in [0.2, 0.25) is 5.95 Å². The molecule has 3 rings (SSSR count). The first-order valence-electron chi connectivity index (χ1n) is 5.31. The van der Waals surface area contributed by atoms with E-state index in [9.17, 15) is 0 Å². The molecule has 2 heterocycles. The van der Waals surface area contributed by atoms with Crippen LogP contribution in [0.1, 0.15) is 12.8 Å². The van der Waals surface area contributed by atoms with Crippen molar-refractivity contribution < 1.29 is 0 Å². The first-order valence-corrected chi connectivity index (χ1v) is 5.31. The first kappa shape index (κ1) is 8.53. The summed E-state index contributed by atoms with van der Waals surface area (Å²) in [6, 6.07) is 8.12. The molecule has 0 saturated carbocycles. The number of H-pyrrole nitrogens is 1. The molecule has 2 aromatic rings. The van der Waals surface area contributed by atoms with E-state index in [-0.39, 0.29) is 0 Å². The van der Waals surface area contributed by atoms with Crippen molar-refractivity contribution in [3.05, 3.63) is 36.5 Å². The number of benzene rings is 1. The molecule has 0 amide bonds. The zero-order chi connectivity index (χ0) is 10.1. The third kappa shape index (κ3) is 1.50. The highest BCUT2D eigenvalue weighted by molar-refractivity contribution is 5.77. The molecular formula is C12H13N3. The molecule has 3 nitrogen and oxygen atoms in total. The largest absolute Gasteiger partial charge is 0.324 e. The summed E-state index contributed by atoms with van der Waals surface area (Å²) in [5.41, 5.74) is 2.14. The van der Waals surface area contributed by atoms with Gasteiger partial charge in [0.15, 0.2) is 0 Å². The number of imidazole rings is 1. The lowest BCUT2D eigenvalue weighted by atomic mass is 10.2. The molecule has 1 aromatic carbocycles. The molecule has 1 N–H and O–H groups in total. The zero-order valence-electron chi connectivity index (χ0n) is 8.48. The minimum atomic E-state index is 0.951. The van der Waals surface area contributed by atoms with Crippen LogP contribution in [0.2, 0.25) is 0 Å². The summed E-state index contributed by atoms with van der Waals surface area (Å²) in [4.78, 5) is 10.1. The number of aromatic amines is 1. The maximum absolute atomic E-state index is 4.56. The van der Waals surface area contributed by atoms with E-state index in [0.717, 1.165) is 23.5 Å². The van der Waals surface area contributed by atoms with Crippen LogP contribution in [0, 0.1) is 0 Å². The minimum absolute atomic E-state index is 0.951. The van der Waals surface area contributed by atoms with Crippen LogP contribution in [0.25, 0.3) is 11.0 Å². The van der Waals surface area contributed by atoms with E-state index in [1.807, 2.05) is 18.2 Å². The average molecular weight is 199 g/mol. The minimum Gasteiger partial charge on any atom is -0.324 e. The number of para-hydroxylation sites is 2. The van der Waals surface area contributed by atoms with Crippen LogP contribution in [0.4, 0.5) is 5.95 Å². The lowest BCUT2D eigenvalue weighted by Gasteiger charge is -2.19. The third-order valence-electron chi connectivity index (χ3n) is 2.70. The van der Waals surface area contributed by atoms with Gasteiger partial charge in [-0.2, -0.15) is 0 Å². The molecule has 76 valence electrons. The van der Waals surface area contributed by atoms with Crippen molar-refractivity contribution in [1.29, 1.82) is 0 Å². The van der Waals surface area contributed by atoms with Crippen LogP contribution in [0.5, 0.6) is 0 Å². The number of hydrogen-bond donors (Lipinski definition) is 1. The standard InChI is InChI=1S/C12H13N3/c1-4-8-15(9-5-1)12-13-10-6-2-3-7-11(10)14-12/h2-4,6-8H,1,5,9H2,(H,13,14). The highest BCUT2D eigenvalue weighted by Gasteiger charge is 2.10. The van der Waals surface area contributed by atoms with Gasteiger partial charge in [-0.1, -0.05) is 18.2 Å². The fraction of sp³-hybridized carbons (Fsp3) is 0.250. The normalized spacial score (nSPS) is 16.1. The van der Waals surface area contributed by atoms with Crippen molar-refractivity contribution in [3.63, 3.8) is 0 Å². The Morgan fingerprint density at radius 2 is 2.20 bits per heavy atom. The maximum atomic E-state index is 4.56. The first-order chi connectivity index (χ1) is 7.43. The van der Waals surface area contributed by atoms with Gasteiger partial charge in [-0.15, -0.1) is 0 Å². The lowest BCUT2D eigenvalue weighted by molar-refractivity contribution is 0.773. The molecule has 0 atom stereocenters. The fourth-order valence-electron chi connectivity index (χ4n) is 1.91. The van der Waals surface area contributed by atoms with Gasteiger partial charge in [0.1, 0.15) is 0 Å². The number of fused-ring (bicyclic) bond motifs is 1. The molecule has 0 radical (unpaired) electrons. The summed E-state index contributed by atoms with van der Waals surface area (Å²) in [6.45, 7) is 1.05. The third-order valence-corrected chi connectivity index (χ3v) is 2.70. The van der Waals surface area contributed by atoms with Gasteiger partial charge in [0.25, 0.3) is 0 Å².